The number of aromatic nitrogens is 3. The van der Waals surface area contributed by atoms with E-state index in [4.69, 9.17) is 0 Å². The number of nitrogens with zero attached hydrogens (tertiary/aromatic N) is 3. The summed E-state index contributed by atoms with van der Waals surface area (Å²) in [7, 11) is 0. The van der Waals surface area contributed by atoms with Gasteiger partial charge < -0.3 is 15.2 Å². The summed E-state index contributed by atoms with van der Waals surface area (Å²) in [5.74, 6) is 0.879. The predicted molar refractivity (Wildman–Crippen MR) is 132 cm³/mol. The lowest BCUT2D eigenvalue weighted by Gasteiger charge is -2.31. The van der Waals surface area contributed by atoms with Crippen molar-refractivity contribution in [2.24, 2.45) is 0 Å². The third kappa shape index (κ3) is 4.37. The first-order valence-electron chi connectivity index (χ1n) is 11.4. The number of H-pyrrole nitrogens is 1. The van der Waals surface area contributed by atoms with Gasteiger partial charge in [-0.05, 0) is 73.3 Å². The maximum Gasteiger partial charge on any atom is 0.256 e. The number of rotatable bonds is 5. The average Bonchev–Trinajstić information content (AvgIpc) is 3.30. The van der Waals surface area contributed by atoms with Crippen LogP contribution in [0.3, 0.4) is 0 Å². The van der Waals surface area contributed by atoms with Crippen LogP contribution in [0.1, 0.15) is 41.6 Å². The van der Waals surface area contributed by atoms with Gasteiger partial charge >= 0.3 is 0 Å². The maximum atomic E-state index is 12.6. The van der Waals surface area contributed by atoms with Crippen molar-refractivity contribution < 1.29 is 4.79 Å². The molecular weight excluding hydrogens is 410 g/mol. The van der Waals surface area contributed by atoms with Crippen LogP contribution < -0.4 is 5.32 Å². The zero-order valence-electron chi connectivity index (χ0n) is 18.7. The van der Waals surface area contributed by atoms with Gasteiger partial charge in [-0.3, -0.25) is 4.79 Å². The Morgan fingerprint density at radius 3 is 2.61 bits per heavy atom. The second kappa shape index (κ2) is 9.28. The molecule has 3 aromatic heterocycles. The lowest BCUT2D eigenvalue weighted by molar-refractivity contribution is 0.102. The van der Waals surface area contributed by atoms with Gasteiger partial charge in [0.05, 0.1) is 0 Å². The molecule has 33 heavy (non-hydrogen) atoms. The van der Waals surface area contributed by atoms with Crippen LogP contribution in [0, 0.1) is 0 Å². The first-order valence-corrected chi connectivity index (χ1v) is 11.4. The molecular formula is C27H27N5O. The first kappa shape index (κ1) is 20.9. The SMILES string of the molecule is CC=CN1CCC(c2ccnc3[nH]cc(-c4ccc(C(=O)Nc5ccccn5)cc4)c23)CC1. The average molecular weight is 438 g/mol. The Morgan fingerprint density at radius 1 is 1.06 bits per heavy atom. The molecule has 5 rings (SSSR count). The predicted octanol–water partition coefficient (Wildman–Crippen LogP) is 5.59. The number of benzene rings is 1. The lowest BCUT2D eigenvalue weighted by atomic mass is 9.86. The highest BCUT2D eigenvalue weighted by Crippen LogP contribution is 2.37. The number of aromatic amines is 1. The summed E-state index contributed by atoms with van der Waals surface area (Å²) in [5, 5.41) is 4.02. The Labute approximate surface area is 193 Å². The summed E-state index contributed by atoms with van der Waals surface area (Å²) >= 11 is 0. The van der Waals surface area contributed by atoms with E-state index in [1.54, 1.807) is 12.3 Å². The van der Waals surface area contributed by atoms with Crippen LogP contribution in [-0.2, 0) is 0 Å². The number of carbonyl (C=O) groups is 1. The summed E-state index contributed by atoms with van der Waals surface area (Å²) in [6.07, 6.45) is 12.1. The number of pyridine rings is 2. The molecule has 0 spiro atoms. The van der Waals surface area contributed by atoms with E-state index in [1.807, 2.05) is 48.8 Å². The molecule has 1 aliphatic rings. The van der Waals surface area contributed by atoms with Crippen LogP contribution in [0.5, 0.6) is 0 Å². The van der Waals surface area contributed by atoms with Crippen molar-refractivity contribution in [2.75, 3.05) is 18.4 Å². The number of amides is 1. The van der Waals surface area contributed by atoms with Crippen molar-refractivity contribution in [3.63, 3.8) is 0 Å². The minimum Gasteiger partial charge on any atom is -0.378 e. The minimum absolute atomic E-state index is 0.172. The molecule has 1 aromatic carbocycles. The molecule has 4 heterocycles. The number of likely N-dealkylation sites (tertiary alicyclic amines) is 1. The zero-order chi connectivity index (χ0) is 22.6. The summed E-state index contributed by atoms with van der Waals surface area (Å²) in [6, 6.07) is 15.3. The van der Waals surface area contributed by atoms with Crippen LogP contribution in [0.4, 0.5) is 5.82 Å². The van der Waals surface area contributed by atoms with Crippen molar-refractivity contribution in [3.05, 3.63) is 90.5 Å². The van der Waals surface area contributed by atoms with E-state index < -0.39 is 0 Å². The van der Waals surface area contributed by atoms with Crippen molar-refractivity contribution in [1.29, 1.82) is 0 Å². The highest BCUT2D eigenvalue weighted by molar-refractivity contribution is 6.04. The standard InChI is InChI=1S/C27H27N5O/c1-2-15-32-16-11-20(12-17-32)22-10-14-29-26-25(22)23(18-30-26)19-6-8-21(9-7-19)27(33)31-24-5-3-4-13-28-24/h2-10,13-15,18,20H,11-12,16-17H2,1H3,(H,29,30)(H,28,31,33). The van der Waals surface area contributed by atoms with E-state index >= 15 is 0 Å². The quantitative estimate of drug-likeness (QED) is 0.427. The fourth-order valence-corrected chi connectivity index (χ4v) is 4.65. The van der Waals surface area contributed by atoms with Gasteiger partial charge in [-0.15, -0.1) is 0 Å². The van der Waals surface area contributed by atoms with Gasteiger partial charge in [0.2, 0.25) is 0 Å². The molecule has 6 heteroatoms. The molecule has 2 N–H and O–H groups in total. The Morgan fingerprint density at radius 2 is 1.88 bits per heavy atom. The van der Waals surface area contributed by atoms with Gasteiger partial charge in [-0.1, -0.05) is 24.3 Å². The largest absolute Gasteiger partial charge is 0.378 e. The van der Waals surface area contributed by atoms with Gasteiger partial charge in [0.15, 0.2) is 0 Å². The minimum atomic E-state index is -0.172. The monoisotopic (exact) mass is 437 g/mol. The van der Waals surface area contributed by atoms with E-state index in [1.165, 1.54) is 10.9 Å². The molecule has 166 valence electrons. The van der Waals surface area contributed by atoms with Crippen LogP contribution in [-0.4, -0.2) is 38.8 Å². The first-order chi connectivity index (χ1) is 16.2. The van der Waals surface area contributed by atoms with Crippen LogP contribution in [0.15, 0.2) is 79.4 Å². The molecule has 4 aromatic rings. The molecule has 0 atom stereocenters. The van der Waals surface area contributed by atoms with Crippen molar-refractivity contribution in [1.82, 2.24) is 19.9 Å². The Kier molecular flexibility index (Phi) is 5.89. The summed E-state index contributed by atoms with van der Waals surface area (Å²) in [6.45, 7) is 4.20. The number of nitrogens with one attached hydrogen (secondary N) is 2. The molecule has 0 saturated carbocycles. The molecule has 0 unspecified atom stereocenters. The van der Waals surface area contributed by atoms with E-state index in [-0.39, 0.29) is 5.91 Å². The fourth-order valence-electron chi connectivity index (χ4n) is 4.65. The van der Waals surface area contributed by atoms with Gasteiger partial charge in [-0.25, -0.2) is 9.97 Å². The summed E-state index contributed by atoms with van der Waals surface area (Å²) in [4.78, 5) is 27.0. The number of hydrogen-bond acceptors (Lipinski definition) is 4. The summed E-state index contributed by atoms with van der Waals surface area (Å²) < 4.78 is 0. The Hall–Kier alpha value is -3.93. The maximum absolute atomic E-state index is 12.6. The number of piperidine rings is 1. The van der Waals surface area contributed by atoms with Crippen molar-refractivity contribution in [2.45, 2.75) is 25.7 Å². The Bertz CT molecular complexity index is 1270. The summed E-state index contributed by atoms with van der Waals surface area (Å²) in [5.41, 5.74) is 5.06. The topological polar surface area (TPSA) is 73.9 Å². The number of anilines is 1. The third-order valence-electron chi connectivity index (χ3n) is 6.30. The molecule has 0 bridgehead atoms. The second-order valence-corrected chi connectivity index (χ2v) is 8.37. The molecule has 6 nitrogen and oxygen atoms in total. The molecule has 1 amide bonds. The van der Waals surface area contributed by atoms with Gasteiger partial charge in [0, 0.05) is 48.2 Å². The van der Waals surface area contributed by atoms with Crippen molar-refractivity contribution >= 4 is 22.8 Å². The molecule has 1 fully saturated rings. The zero-order valence-corrected chi connectivity index (χ0v) is 18.7. The number of fused-ring (bicyclic) bond motifs is 1. The van der Waals surface area contributed by atoms with Crippen LogP contribution in [0.2, 0.25) is 0 Å². The highest BCUT2D eigenvalue weighted by Gasteiger charge is 2.23. The van der Waals surface area contributed by atoms with Crippen LogP contribution >= 0.6 is 0 Å². The van der Waals surface area contributed by atoms with Crippen LogP contribution in [0.25, 0.3) is 22.2 Å². The van der Waals surface area contributed by atoms with Crippen molar-refractivity contribution in [3.8, 4) is 11.1 Å². The molecule has 1 aliphatic heterocycles. The smallest absolute Gasteiger partial charge is 0.256 e. The van der Waals surface area contributed by atoms with E-state index in [0.717, 1.165) is 42.7 Å². The third-order valence-corrected chi connectivity index (χ3v) is 6.30. The molecule has 1 saturated heterocycles. The van der Waals surface area contributed by atoms with E-state index in [0.29, 0.717) is 17.3 Å². The highest BCUT2D eigenvalue weighted by atomic mass is 16.1. The van der Waals surface area contributed by atoms with Gasteiger partial charge in [0.1, 0.15) is 11.5 Å². The number of carbonyl (C=O) groups excluding carboxylic acids is 1. The van der Waals surface area contributed by atoms with E-state index in [9.17, 15) is 4.79 Å². The van der Waals surface area contributed by atoms with Gasteiger partial charge in [0.25, 0.3) is 5.91 Å². The molecule has 0 aliphatic carbocycles. The van der Waals surface area contributed by atoms with E-state index in [2.05, 4.69) is 50.4 Å². The lowest BCUT2D eigenvalue weighted by Crippen LogP contribution is -2.28. The number of allylic oxidation sites excluding steroid dienone is 1. The second-order valence-electron chi connectivity index (χ2n) is 8.37. The fraction of sp³-hybridized carbons (Fsp3) is 0.222. The van der Waals surface area contributed by atoms with Gasteiger partial charge in [-0.2, -0.15) is 0 Å². The Balaban J connectivity index is 1.40. The number of hydrogen-bond donors (Lipinski definition) is 2. The normalized spacial score (nSPS) is 14.8. The molecule has 0 radical (unpaired) electrons.